The molecule has 0 amide bonds. The van der Waals surface area contributed by atoms with Crippen LogP contribution in [0.5, 0.6) is 0 Å². The summed E-state index contributed by atoms with van der Waals surface area (Å²) in [5.41, 5.74) is 0.370. The van der Waals surface area contributed by atoms with Gasteiger partial charge in [-0.25, -0.2) is 0 Å². The molecule has 11 heavy (non-hydrogen) atoms. The predicted molar refractivity (Wildman–Crippen MR) is 34.1 cm³/mol. The maximum Gasteiger partial charge on any atom is 0.187 e. The van der Waals surface area contributed by atoms with Crippen LogP contribution in [-0.4, -0.2) is 20.5 Å². The maximum atomic E-state index is 10.9. The molecule has 0 aromatic carbocycles. The molecule has 2 aromatic heterocycles. The number of fused-ring (bicyclic) bond motifs is 1. The zero-order chi connectivity index (χ0) is 7.68. The summed E-state index contributed by atoms with van der Waals surface area (Å²) in [6.45, 7) is 0. The minimum Gasteiger partial charge on any atom is -0.691 e. The molecule has 0 aliphatic carbocycles. The fourth-order valence-electron chi connectivity index (χ4n) is 0.767. The Morgan fingerprint density at radius 2 is 1.82 bits per heavy atom. The Kier molecular flexibility index (Phi) is 1.12. The summed E-state index contributed by atoms with van der Waals surface area (Å²) in [4.78, 5) is 0.407. The minimum absolute atomic E-state index is 0.370. The molecule has 0 atom stereocenters. The van der Waals surface area contributed by atoms with Crippen LogP contribution < -0.4 is 4.85 Å². The van der Waals surface area contributed by atoms with Crippen molar-refractivity contribution in [3.05, 3.63) is 23.8 Å². The zero-order valence-corrected chi connectivity index (χ0v) is 5.38. The average Bonchev–Trinajstić information content (AvgIpc) is 2.06. The highest BCUT2D eigenvalue weighted by Gasteiger charge is 2.01. The van der Waals surface area contributed by atoms with Crippen LogP contribution in [0.1, 0.15) is 0 Å². The standard InChI is InChI=1S/C5H3N5O/c11-10-5-3-7-6-1-4(5)2-8-9-10/h1-3H. The van der Waals surface area contributed by atoms with Crippen LogP contribution in [-0.2, 0) is 0 Å². The van der Waals surface area contributed by atoms with E-state index in [1.54, 1.807) is 0 Å². The lowest BCUT2D eigenvalue weighted by molar-refractivity contribution is -0.648. The van der Waals surface area contributed by atoms with E-state index in [1.165, 1.54) is 18.6 Å². The quantitative estimate of drug-likeness (QED) is 0.356. The van der Waals surface area contributed by atoms with E-state index in [2.05, 4.69) is 20.5 Å². The Hall–Kier alpha value is -1.85. The molecule has 2 aromatic rings. The van der Waals surface area contributed by atoms with E-state index in [0.29, 0.717) is 15.7 Å². The lowest BCUT2D eigenvalue weighted by Crippen LogP contribution is -2.32. The van der Waals surface area contributed by atoms with E-state index in [1.807, 2.05) is 0 Å². The van der Waals surface area contributed by atoms with Crippen LogP contribution in [0.2, 0.25) is 0 Å². The number of hydrogen-bond acceptors (Lipinski definition) is 5. The van der Waals surface area contributed by atoms with Crippen molar-refractivity contribution in [2.45, 2.75) is 0 Å². The Morgan fingerprint density at radius 3 is 2.64 bits per heavy atom. The van der Waals surface area contributed by atoms with Crippen LogP contribution in [0.4, 0.5) is 0 Å². The van der Waals surface area contributed by atoms with E-state index in [4.69, 9.17) is 0 Å². The third kappa shape index (κ3) is 0.841. The van der Waals surface area contributed by atoms with Gasteiger partial charge in [-0.05, 0) is 0 Å². The molecule has 0 saturated carbocycles. The van der Waals surface area contributed by atoms with Gasteiger partial charge >= 0.3 is 0 Å². The lowest BCUT2D eigenvalue weighted by atomic mass is 10.4. The average molecular weight is 149 g/mol. The summed E-state index contributed by atoms with van der Waals surface area (Å²) in [6.07, 6.45) is 4.26. The second-order valence-corrected chi connectivity index (χ2v) is 1.94. The first kappa shape index (κ1) is 5.90. The summed E-state index contributed by atoms with van der Waals surface area (Å²) in [5, 5.41) is 25.3. The van der Waals surface area contributed by atoms with Crippen molar-refractivity contribution in [2.24, 2.45) is 0 Å². The van der Waals surface area contributed by atoms with Crippen molar-refractivity contribution < 1.29 is 4.85 Å². The van der Waals surface area contributed by atoms with E-state index in [0.717, 1.165) is 0 Å². The van der Waals surface area contributed by atoms with Crippen molar-refractivity contribution >= 4 is 10.9 Å². The molecule has 2 heterocycles. The Balaban J connectivity index is 2.91. The van der Waals surface area contributed by atoms with E-state index >= 15 is 0 Å². The maximum absolute atomic E-state index is 10.9. The fourth-order valence-corrected chi connectivity index (χ4v) is 0.767. The lowest BCUT2D eigenvalue weighted by Gasteiger charge is -1.97. The summed E-state index contributed by atoms with van der Waals surface area (Å²) in [7, 11) is 0. The second-order valence-electron chi connectivity index (χ2n) is 1.94. The second kappa shape index (κ2) is 2.08. The van der Waals surface area contributed by atoms with Gasteiger partial charge in [0.05, 0.1) is 22.9 Å². The third-order valence-corrected chi connectivity index (χ3v) is 1.28. The Labute approximate surface area is 61.1 Å². The molecule has 0 radical (unpaired) electrons. The summed E-state index contributed by atoms with van der Waals surface area (Å²) in [5.74, 6) is 0. The fraction of sp³-hybridized carbons (Fsp3) is 0. The van der Waals surface area contributed by atoms with Gasteiger partial charge in [0.1, 0.15) is 5.21 Å². The first-order valence-corrected chi connectivity index (χ1v) is 2.90. The van der Waals surface area contributed by atoms with E-state index < -0.39 is 0 Å². The predicted octanol–water partition coefficient (Wildman–Crippen LogP) is -0.947. The normalized spacial score (nSPS) is 10.2. The molecule has 54 valence electrons. The molecule has 6 heteroatoms. The molecule has 0 aliphatic heterocycles. The summed E-state index contributed by atoms with van der Waals surface area (Å²) >= 11 is 0. The highest BCUT2D eigenvalue weighted by atomic mass is 16.5. The smallest absolute Gasteiger partial charge is 0.187 e. The van der Waals surface area contributed by atoms with Crippen LogP contribution >= 0.6 is 0 Å². The molecular weight excluding hydrogens is 146 g/mol. The van der Waals surface area contributed by atoms with Crippen molar-refractivity contribution in [1.29, 1.82) is 0 Å². The molecule has 0 bridgehead atoms. The third-order valence-electron chi connectivity index (χ3n) is 1.28. The first-order valence-electron chi connectivity index (χ1n) is 2.90. The van der Waals surface area contributed by atoms with Gasteiger partial charge < -0.3 is 5.21 Å². The number of hydrogen-bond donors (Lipinski definition) is 0. The van der Waals surface area contributed by atoms with Crippen LogP contribution in [0, 0.1) is 5.21 Å². The molecule has 0 N–H and O–H groups in total. The van der Waals surface area contributed by atoms with Crippen molar-refractivity contribution in [3.63, 3.8) is 0 Å². The monoisotopic (exact) mass is 149 g/mol. The largest absolute Gasteiger partial charge is 0.691 e. The number of rotatable bonds is 0. The number of nitrogens with zero attached hydrogens (tertiary/aromatic N) is 5. The van der Waals surface area contributed by atoms with Crippen LogP contribution in [0.15, 0.2) is 18.6 Å². The molecule has 0 unspecified atom stereocenters. The molecule has 0 spiro atoms. The Bertz CT molecular complexity index is 384. The topological polar surface area (TPSA) is 78.5 Å². The molecule has 0 aliphatic rings. The summed E-state index contributed by atoms with van der Waals surface area (Å²) in [6, 6.07) is 0. The van der Waals surface area contributed by atoms with Gasteiger partial charge in [0.15, 0.2) is 11.7 Å². The van der Waals surface area contributed by atoms with Crippen LogP contribution in [0.25, 0.3) is 10.9 Å². The van der Waals surface area contributed by atoms with Crippen molar-refractivity contribution in [2.75, 3.05) is 0 Å². The van der Waals surface area contributed by atoms with Gasteiger partial charge in [-0.1, -0.05) is 0 Å². The molecular formula is C5H3N5O. The minimum atomic E-state index is 0.370. The van der Waals surface area contributed by atoms with Crippen LogP contribution in [0.3, 0.4) is 0 Å². The molecule has 2 rings (SSSR count). The van der Waals surface area contributed by atoms with Crippen molar-refractivity contribution in [3.8, 4) is 0 Å². The van der Waals surface area contributed by atoms with E-state index in [-0.39, 0.29) is 0 Å². The first-order chi connectivity index (χ1) is 5.38. The SMILES string of the molecule is [O-][n+]1nncc2cnncc21. The van der Waals surface area contributed by atoms with Gasteiger partial charge in [-0.2, -0.15) is 10.2 Å². The zero-order valence-electron chi connectivity index (χ0n) is 5.38. The number of aromatic nitrogens is 5. The van der Waals surface area contributed by atoms with Gasteiger partial charge in [0.25, 0.3) is 0 Å². The molecule has 0 saturated heterocycles. The molecule has 6 nitrogen and oxygen atoms in total. The highest BCUT2D eigenvalue weighted by molar-refractivity contribution is 5.71. The van der Waals surface area contributed by atoms with Gasteiger partial charge in [-0.15, -0.1) is 4.85 Å². The highest BCUT2D eigenvalue weighted by Crippen LogP contribution is 1.99. The molecule has 0 fully saturated rings. The Morgan fingerprint density at radius 1 is 1.09 bits per heavy atom. The van der Waals surface area contributed by atoms with Gasteiger partial charge in [0.2, 0.25) is 0 Å². The van der Waals surface area contributed by atoms with Gasteiger partial charge in [-0.3, -0.25) is 0 Å². The van der Waals surface area contributed by atoms with E-state index in [9.17, 15) is 5.21 Å². The summed E-state index contributed by atoms with van der Waals surface area (Å²) < 4.78 is 0. The van der Waals surface area contributed by atoms with Gasteiger partial charge in [0, 0.05) is 0 Å². The van der Waals surface area contributed by atoms with Crippen molar-refractivity contribution in [1.82, 2.24) is 20.5 Å².